The number of rotatable bonds is 2. The molecule has 0 spiro atoms. The Morgan fingerprint density at radius 2 is 1.96 bits per heavy atom. The molecule has 1 N–H and O–H groups in total. The van der Waals surface area contributed by atoms with Crippen LogP contribution >= 0.6 is 0 Å². The third-order valence-electron chi connectivity index (χ3n) is 4.44. The van der Waals surface area contributed by atoms with Crippen LogP contribution in [0.5, 0.6) is 0 Å². The van der Waals surface area contributed by atoms with Gasteiger partial charge >= 0.3 is 12.3 Å². The van der Waals surface area contributed by atoms with Crippen molar-refractivity contribution in [2.75, 3.05) is 18.5 Å². The zero-order valence-electron chi connectivity index (χ0n) is 16.0. The van der Waals surface area contributed by atoms with E-state index < -0.39 is 23.4 Å². The van der Waals surface area contributed by atoms with Crippen molar-refractivity contribution in [3.8, 4) is 0 Å². The van der Waals surface area contributed by atoms with Crippen LogP contribution in [0.3, 0.4) is 0 Å². The molecule has 1 aromatic carbocycles. The van der Waals surface area contributed by atoms with E-state index in [9.17, 15) is 18.0 Å². The van der Waals surface area contributed by atoms with Gasteiger partial charge in [0.2, 0.25) is 0 Å². The molecule has 1 heterocycles. The molecular weight excluding hydrogens is 345 g/mol. The largest absolute Gasteiger partial charge is 0.443 e. The summed E-state index contributed by atoms with van der Waals surface area (Å²) >= 11 is 0. The number of nitrogens with one attached hydrogen (secondary N) is 1. The van der Waals surface area contributed by atoms with E-state index in [1.54, 1.807) is 40.8 Å². The maximum Gasteiger partial charge on any atom is 0.416 e. The summed E-state index contributed by atoms with van der Waals surface area (Å²) in [6.07, 6.45) is -3.42. The fraction of sp³-hybridized carbons (Fsp3) is 0.632. The number of benzene rings is 1. The van der Waals surface area contributed by atoms with Gasteiger partial charge in [-0.2, -0.15) is 13.2 Å². The molecule has 0 fully saturated rings. The van der Waals surface area contributed by atoms with Crippen molar-refractivity contribution in [1.29, 1.82) is 0 Å². The zero-order chi connectivity index (χ0) is 19.7. The molecule has 0 saturated heterocycles. The molecule has 1 aliphatic heterocycles. The number of anilines is 1. The lowest BCUT2D eigenvalue weighted by Gasteiger charge is -2.29. The molecule has 1 unspecified atom stereocenters. The van der Waals surface area contributed by atoms with Gasteiger partial charge in [-0.25, -0.2) is 4.79 Å². The summed E-state index contributed by atoms with van der Waals surface area (Å²) in [5.41, 5.74) is -0.185. The van der Waals surface area contributed by atoms with Crippen molar-refractivity contribution in [3.63, 3.8) is 0 Å². The molecule has 1 amide bonds. The number of ether oxygens (including phenoxy) is 1. The van der Waals surface area contributed by atoms with Crippen LogP contribution in [0.2, 0.25) is 0 Å². The van der Waals surface area contributed by atoms with Crippen LogP contribution in [0.4, 0.5) is 23.7 Å². The van der Waals surface area contributed by atoms with Crippen molar-refractivity contribution in [3.05, 3.63) is 28.8 Å². The Bertz CT molecular complexity index is 666. The molecule has 1 atom stereocenters. The maximum absolute atomic E-state index is 13.5. The smallest absolute Gasteiger partial charge is 0.416 e. The number of carbonyl (C=O) groups is 1. The second-order valence-electron chi connectivity index (χ2n) is 7.53. The van der Waals surface area contributed by atoms with E-state index in [0.717, 1.165) is 12.5 Å². The fourth-order valence-electron chi connectivity index (χ4n) is 3.26. The lowest BCUT2D eigenvalue weighted by Crippen LogP contribution is -2.37. The van der Waals surface area contributed by atoms with Gasteiger partial charge in [-0.1, -0.05) is 13.0 Å². The summed E-state index contributed by atoms with van der Waals surface area (Å²) in [4.78, 5) is 14.0. The zero-order valence-corrected chi connectivity index (χ0v) is 16.0. The van der Waals surface area contributed by atoms with E-state index in [2.05, 4.69) is 5.32 Å². The second-order valence-corrected chi connectivity index (χ2v) is 7.53. The predicted octanol–water partition coefficient (Wildman–Crippen LogP) is 5.06. The van der Waals surface area contributed by atoms with Gasteiger partial charge in [-0.3, -0.25) is 4.90 Å². The van der Waals surface area contributed by atoms with Crippen LogP contribution in [-0.4, -0.2) is 25.3 Å². The van der Waals surface area contributed by atoms with Gasteiger partial charge in [0.25, 0.3) is 0 Å². The normalized spacial score (nSPS) is 18.3. The number of nitrogens with zero attached hydrogens (tertiary/aromatic N) is 1. The number of amides is 1. The van der Waals surface area contributed by atoms with Crippen LogP contribution in [0.15, 0.2) is 12.1 Å². The Morgan fingerprint density at radius 1 is 1.31 bits per heavy atom. The number of fused-ring (bicyclic) bond motifs is 1. The predicted molar refractivity (Wildman–Crippen MR) is 95.4 cm³/mol. The third kappa shape index (κ3) is 4.50. The molecule has 1 aliphatic rings. The Kier molecular flexibility index (Phi) is 5.90. The lowest BCUT2D eigenvalue weighted by molar-refractivity contribution is -0.138. The van der Waals surface area contributed by atoms with Crippen molar-refractivity contribution in [2.45, 2.75) is 64.8 Å². The Labute approximate surface area is 152 Å². The first-order valence-corrected chi connectivity index (χ1v) is 8.89. The van der Waals surface area contributed by atoms with E-state index in [-0.39, 0.29) is 23.7 Å². The van der Waals surface area contributed by atoms with E-state index >= 15 is 0 Å². The van der Waals surface area contributed by atoms with Crippen LogP contribution in [0, 0.1) is 0 Å². The quantitative estimate of drug-likeness (QED) is 0.789. The number of hydrogen-bond donors (Lipinski definition) is 1. The average molecular weight is 372 g/mol. The number of carbonyl (C=O) groups excluding carboxylic acids is 1. The SMILES string of the molecule is CCc1cc2c(cc1C(F)(F)F)N(C(=O)OC(C)(C)C)CCCC2NC. The van der Waals surface area contributed by atoms with Crippen LogP contribution < -0.4 is 10.2 Å². The molecule has 1 aromatic rings. The molecule has 2 rings (SSSR count). The van der Waals surface area contributed by atoms with E-state index in [1.165, 1.54) is 4.90 Å². The van der Waals surface area contributed by atoms with E-state index in [4.69, 9.17) is 4.74 Å². The molecule has 7 heteroatoms. The first kappa shape index (κ1) is 20.6. The van der Waals surface area contributed by atoms with E-state index in [1.807, 2.05) is 0 Å². The standard InChI is InChI=1S/C19H27F3N2O2/c1-6-12-10-13-15(23-5)8-7-9-24(17(25)26-18(2,3)4)16(13)11-14(12)19(20,21)22/h10-11,15,23H,6-9H2,1-5H3. The van der Waals surface area contributed by atoms with Crippen molar-refractivity contribution in [2.24, 2.45) is 0 Å². The topological polar surface area (TPSA) is 41.6 Å². The summed E-state index contributed by atoms with van der Waals surface area (Å²) in [5.74, 6) is 0. The van der Waals surface area contributed by atoms with Gasteiger partial charge in [-0.15, -0.1) is 0 Å². The Hall–Kier alpha value is -1.76. The van der Waals surface area contributed by atoms with Crippen LogP contribution in [0.25, 0.3) is 0 Å². The molecular formula is C19H27F3N2O2. The number of hydrogen-bond acceptors (Lipinski definition) is 3. The lowest BCUT2D eigenvalue weighted by atomic mass is 9.94. The minimum Gasteiger partial charge on any atom is -0.443 e. The van der Waals surface area contributed by atoms with Gasteiger partial charge in [0.1, 0.15) is 5.60 Å². The van der Waals surface area contributed by atoms with Crippen molar-refractivity contribution >= 4 is 11.8 Å². The number of alkyl halides is 3. The monoisotopic (exact) mass is 372 g/mol. The minimum atomic E-state index is -4.47. The van der Waals surface area contributed by atoms with Gasteiger partial charge in [0, 0.05) is 12.6 Å². The highest BCUT2D eigenvalue weighted by Gasteiger charge is 2.37. The highest BCUT2D eigenvalue weighted by atomic mass is 19.4. The molecule has 0 aliphatic carbocycles. The fourth-order valence-corrected chi connectivity index (χ4v) is 3.26. The van der Waals surface area contributed by atoms with E-state index in [0.29, 0.717) is 18.5 Å². The van der Waals surface area contributed by atoms with Gasteiger partial charge in [0.05, 0.1) is 11.3 Å². The van der Waals surface area contributed by atoms with Gasteiger partial charge in [0.15, 0.2) is 0 Å². The highest BCUT2D eigenvalue weighted by molar-refractivity contribution is 5.89. The van der Waals surface area contributed by atoms with Crippen molar-refractivity contribution < 1.29 is 22.7 Å². The molecule has 0 bridgehead atoms. The van der Waals surface area contributed by atoms with Gasteiger partial charge < -0.3 is 10.1 Å². The molecule has 0 aromatic heterocycles. The molecule has 4 nitrogen and oxygen atoms in total. The van der Waals surface area contributed by atoms with Crippen molar-refractivity contribution in [1.82, 2.24) is 5.32 Å². The first-order valence-electron chi connectivity index (χ1n) is 8.89. The minimum absolute atomic E-state index is 0.106. The molecule has 146 valence electrons. The van der Waals surface area contributed by atoms with Crippen LogP contribution in [-0.2, 0) is 17.3 Å². The average Bonchev–Trinajstić information content (AvgIpc) is 2.69. The summed E-state index contributed by atoms with van der Waals surface area (Å²) in [7, 11) is 1.78. The first-order chi connectivity index (χ1) is 12.0. The van der Waals surface area contributed by atoms with Gasteiger partial charge in [-0.05, 0) is 64.3 Å². The summed E-state index contributed by atoms with van der Waals surface area (Å²) in [6.45, 7) is 7.24. The Morgan fingerprint density at radius 3 is 2.46 bits per heavy atom. The second kappa shape index (κ2) is 7.47. The number of aryl methyl sites for hydroxylation is 1. The Balaban J connectivity index is 2.62. The summed E-state index contributed by atoms with van der Waals surface area (Å²) in [5, 5.41) is 3.16. The molecule has 0 saturated carbocycles. The van der Waals surface area contributed by atoms with Crippen LogP contribution in [0.1, 0.15) is 63.3 Å². The number of halogens is 3. The summed E-state index contributed by atoms with van der Waals surface area (Å²) < 4.78 is 46.0. The third-order valence-corrected chi connectivity index (χ3v) is 4.44. The highest BCUT2D eigenvalue weighted by Crippen LogP contribution is 2.41. The maximum atomic E-state index is 13.5. The molecule has 0 radical (unpaired) electrons. The molecule has 26 heavy (non-hydrogen) atoms. The summed E-state index contributed by atoms with van der Waals surface area (Å²) in [6, 6.07) is 2.58.